The van der Waals surface area contributed by atoms with Crippen molar-refractivity contribution in [1.82, 2.24) is 4.90 Å². The molecular formula is C20H29BrN2O2. The van der Waals surface area contributed by atoms with Crippen molar-refractivity contribution in [2.75, 3.05) is 18.4 Å². The van der Waals surface area contributed by atoms with Crippen molar-refractivity contribution in [3.05, 3.63) is 28.2 Å². The molecule has 1 aliphatic heterocycles. The molecule has 0 aromatic heterocycles. The monoisotopic (exact) mass is 408 g/mol. The quantitative estimate of drug-likeness (QED) is 0.716. The van der Waals surface area contributed by atoms with Gasteiger partial charge in [0.2, 0.25) is 0 Å². The van der Waals surface area contributed by atoms with E-state index in [-0.39, 0.29) is 6.09 Å². The van der Waals surface area contributed by atoms with Gasteiger partial charge in [-0.25, -0.2) is 4.79 Å². The van der Waals surface area contributed by atoms with Gasteiger partial charge < -0.3 is 15.0 Å². The molecule has 1 heterocycles. The number of benzene rings is 1. The fourth-order valence-electron chi connectivity index (χ4n) is 3.97. The van der Waals surface area contributed by atoms with E-state index in [0.717, 1.165) is 30.4 Å². The minimum atomic E-state index is -0.417. The average Bonchev–Trinajstić information content (AvgIpc) is 2.49. The van der Waals surface area contributed by atoms with Crippen LogP contribution >= 0.6 is 15.9 Å². The van der Waals surface area contributed by atoms with Crippen molar-refractivity contribution in [3.63, 3.8) is 0 Å². The molecule has 1 saturated carbocycles. The van der Waals surface area contributed by atoms with Gasteiger partial charge in [0.1, 0.15) is 5.60 Å². The predicted molar refractivity (Wildman–Crippen MR) is 105 cm³/mol. The highest BCUT2D eigenvalue weighted by atomic mass is 79.9. The number of hydrogen-bond acceptors (Lipinski definition) is 3. The molecule has 2 aliphatic rings. The summed E-state index contributed by atoms with van der Waals surface area (Å²) in [6, 6.07) is 6.85. The molecule has 1 spiro atoms. The van der Waals surface area contributed by atoms with Crippen LogP contribution < -0.4 is 5.32 Å². The second-order valence-corrected chi connectivity index (χ2v) is 9.48. The van der Waals surface area contributed by atoms with E-state index in [1.807, 2.05) is 25.7 Å². The van der Waals surface area contributed by atoms with Gasteiger partial charge in [-0.3, -0.25) is 0 Å². The van der Waals surface area contributed by atoms with E-state index in [4.69, 9.17) is 4.74 Å². The summed E-state index contributed by atoms with van der Waals surface area (Å²) in [4.78, 5) is 14.1. The summed E-state index contributed by atoms with van der Waals surface area (Å²) < 4.78 is 6.64. The molecule has 2 fully saturated rings. The van der Waals surface area contributed by atoms with Crippen LogP contribution in [0.1, 0.15) is 52.0 Å². The summed E-state index contributed by atoms with van der Waals surface area (Å²) in [5.41, 5.74) is 2.49. The van der Waals surface area contributed by atoms with Gasteiger partial charge in [-0.15, -0.1) is 0 Å². The summed E-state index contributed by atoms with van der Waals surface area (Å²) in [5, 5.41) is 3.69. The molecule has 0 bridgehead atoms. The van der Waals surface area contributed by atoms with Crippen molar-refractivity contribution < 1.29 is 9.53 Å². The molecule has 1 amide bonds. The first-order chi connectivity index (χ1) is 11.7. The zero-order chi connectivity index (χ0) is 18.2. The maximum atomic E-state index is 12.2. The summed E-state index contributed by atoms with van der Waals surface area (Å²) >= 11 is 3.60. The molecule has 1 N–H and O–H groups in total. The summed E-state index contributed by atoms with van der Waals surface area (Å²) in [6.45, 7) is 9.53. The highest BCUT2D eigenvalue weighted by Crippen LogP contribution is 2.50. The maximum absolute atomic E-state index is 12.2. The number of nitrogens with zero attached hydrogens (tertiary/aromatic N) is 1. The Morgan fingerprint density at radius 3 is 2.52 bits per heavy atom. The number of hydrogen-bond donors (Lipinski definition) is 1. The van der Waals surface area contributed by atoms with Crippen LogP contribution in [0, 0.1) is 12.3 Å². The van der Waals surface area contributed by atoms with Gasteiger partial charge in [-0.1, -0.05) is 22.0 Å². The lowest BCUT2D eigenvalue weighted by molar-refractivity contribution is -0.00860. The first kappa shape index (κ1) is 18.6. The Hall–Kier alpha value is -1.23. The van der Waals surface area contributed by atoms with Crippen molar-refractivity contribution >= 4 is 27.7 Å². The van der Waals surface area contributed by atoms with E-state index >= 15 is 0 Å². The number of anilines is 1. The highest BCUT2D eigenvalue weighted by molar-refractivity contribution is 9.10. The molecule has 1 aliphatic carbocycles. The van der Waals surface area contributed by atoms with Gasteiger partial charge in [0, 0.05) is 29.3 Å². The minimum Gasteiger partial charge on any atom is -0.444 e. The molecule has 1 aromatic carbocycles. The third kappa shape index (κ3) is 4.30. The maximum Gasteiger partial charge on any atom is 0.410 e. The smallest absolute Gasteiger partial charge is 0.410 e. The van der Waals surface area contributed by atoms with Crippen LogP contribution in [-0.2, 0) is 4.74 Å². The highest BCUT2D eigenvalue weighted by Gasteiger charge is 2.46. The lowest BCUT2D eigenvalue weighted by Crippen LogP contribution is -2.53. The van der Waals surface area contributed by atoms with Gasteiger partial charge in [-0.2, -0.15) is 0 Å². The van der Waals surface area contributed by atoms with E-state index in [9.17, 15) is 4.79 Å². The van der Waals surface area contributed by atoms with Gasteiger partial charge in [-0.05, 0) is 76.5 Å². The molecular weight excluding hydrogens is 380 g/mol. The summed E-state index contributed by atoms with van der Waals surface area (Å²) in [6.07, 6.45) is 4.40. The van der Waals surface area contributed by atoms with E-state index in [1.54, 1.807) is 0 Å². The van der Waals surface area contributed by atoms with Gasteiger partial charge >= 0.3 is 6.09 Å². The van der Waals surface area contributed by atoms with Crippen LogP contribution in [0.5, 0.6) is 0 Å². The number of nitrogens with one attached hydrogen (secondary N) is 1. The van der Waals surface area contributed by atoms with Crippen LogP contribution in [0.2, 0.25) is 0 Å². The van der Waals surface area contributed by atoms with E-state index in [2.05, 4.69) is 46.4 Å². The van der Waals surface area contributed by atoms with E-state index in [1.165, 1.54) is 24.1 Å². The summed E-state index contributed by atoms with van der Waals surface area (Å²) in [7, 11) is 0. The average molecular weight is 409 g/mol. The number of amides is 1. The van der Waals surface area contributed by atoms with E-state index in [0.29, 0.717) is 11.5 Å². The van der Waals surface area contributed by atoms with Gasteiger partial charge in [0.05, 0.1) is 0 Å². The first-order valence-corrected chi connectivity index (χ1v) is 9.96. The van der Waals surface area contributed by atoms with Crippen molar-refractivity contribution in [2.45, 2.75) is 65.0 Å². The molecule has 25 heavy (non-hydrogen) atoms. The third-order valence-electron chi connectivity index (χ3n) is 5.46. The number of halogens is 1. The SMILES string of the molecule is Cc1c(Br)cccc1NC1CC2(CCN(C(=O)OC(C)(C)C)CC2)C1. The van der Waals surface area contributed by atoms with Gasteiger partial charge in [0.15, 0.2) is 0 Å². The molecule has 3 rings (SSSR count). The second kappa shape index (κ2) is 6.82. The largest absolute Gasteiger partial charge is 0.444 e. The number of carbonyl (C=O) groups is 1. The van der Waals surface area contributed by atoms with Crippen molar-refractivity contribution in [1.29, 1.82) is 0 Å². The zero-order valence-corrected chi connectivity index (χ0v) is 17.3. The molecule has 4 nitrogen and oxygen atoms in total. The number of ether oxygens (including phenoxy) is 1. The molecule has 138 valence electrons. The lowest BCUT2D eigenvalue weighted by atomic mass is 9.60. The van der Waals surface area contributed by atoms with Crippen LogP contribution in [0.15, 0.2) is 22.7 Å². The van der Waals surface area contributed by atoms with Crippen LogP contribution in [0.3, 0.4) is 0 Å². The fourth-order valence-corrected chi connectivity index (χ4v) is 4.34. The molecule has 5 heteroatoms. The number of carbonyl (C=O) groups excluding carboxylic acids is 1. The molecule has 1 aromatic rings. The van der Waals surface area contributed by atoms with Crippen LogP contribution in [-0.4, -0.2) is 35.7 Å². The zero-order valence-electron chi connectivity index (χ0n) is 15.7. The molecule has 1 saturated heterocycles. The fraction of sp³-hybridized carbons (Fsp3) is 0.650. The lowest BCUT2D eigenvalue weighted by Gasteiger charge is -2.52. The summed E-state index contributed by atoms with van der Waals surface area (Å²) in [5.74, 6) is 0. The predicted octanol–water partition coefficient (Wildman–Crippen LogP) is 5.35. The normalized spacial score (nSPS) is 20.3. The Morgan fingerprint density at radius 1 is 1.28 bits per heavy atom. The van der Waals surface area contributed by atoms with Crippen LogP contribution in [0.25, 0.3) is 0 Å². The Morgan fingerprint density at radius 2 is 1.92 bits per heavy atom. The molecule has 0 radical (unpaired) electrons. The van der Waals surface area contributed by atoms with Crippen molar-refractivity contribution in [3.8, 4) is 0 Å². The second-order valence-electron chi connectivity index (χ2n) is 8.63. The standard InChI is InChI=1S/C20H29BrN2O2/c1-14-16(21)6-5-7-17(14)22-15-12-20(13-15)8-10-23(11-9-20)18(24)25-19(2,3)4/h5-7,15,22H,8-13H2,1-4H3. The Labute approximate surface area is 159 Å². The van der Waals surface area contributed by atoms with Gasteiger partial charge in [0.25, 0.3) is 0 Å². The van der Waals surface area contributed by atoms with E-state index < -0.39 is 5.60 Å². The topological polar surface area (TPSA) is 41.6 Å². The molecule has 0 atom stereocenters. The van der Waals surface area contributed by atoms with Crippen LogP contribution in [0.4, 0.5) is 10.5 Å². The Kier molecular flexibility index (Phi) is 5.06. The Bertz CT molecular complexity index is 638. The third-order valence-corrected chi connectivity index (χ3v) is 6.32. The number of piperidine rings is 1. The number of rotatable bonds is 2. The molecule has 0 unspecified atom stereocenters. The first-order valence-electron chi connectivity index (χ1n) is 9.17. The van der Waals surface area contributed by atoms with Crippen molar-refractivity contribution in [2.24, 2.45) is 5.41 Å². The minimum absolute atomic E-state index is 0.166. The number of likely N-dealkylation sites (tertiary alicyclic amines) is 1. The Balaban J connectivity index is 1.48.